The molecule has 0 N–H and O–H groups in total. The maximum absolute atomic E-state index is 5.60. The van der Waals surface area contributed by atoms with E-state index in [1.54, 1.807) is 16.0 Å². The second-order valence-corrected chi connectivity index (χ2v) is 5.83. The topological polar surface area (TPSA) is 82.5 Å². The molecule has 0 amide bonds. The lowest BCUT2D eigenvalue weighted by Crippen LogP contribution is -2.04. The van der Waals surface area contributed by atoms with Crippen LogP contribution in [0.2, 0.25) is 0 Å². The summed E-state index contributed by atoms with van der Waals surface area (Å²) in [6.45, 7) is 2.90. The molecule has 0 saturated heterocycles. The minimum absolute atomic E-state index is 0.527. The van der Waals surface area contributed by atoms with Gasteiger partial charge in [-0.1, -0.05) is 24.8 Å². The predicted molar refractivity (Wildman–Crippen MR) is 75.3 cm³/mol. The maximum Gasteiger partial charge on any atom is 0.277 e. The van der Waals surface area contributed by atoms with Crippen LogP contribution in [-0.2, 0) is 12.3 Å². The van der Waals surface area contributed by atoms with Crippen LogP contribution < -0.4 is 0 Å². The van der Waals surface area contributed by atoms with Gasteiger partial charge >= 0.3 is 0 Å². The van der Waals surface area contributed by atoms with Gasteiger partial charge in [0.2, 0.25) is 0 Å². The molecule has 0 aliphatic heterocycles. The molecule has 0 fully saturated rings. The van der Waals surface area contributed by atoms with E-state index in [1.807, 2.05) is 17.5 Å². The highest BCUT2D eigenvalue weighted by molar-refractivity contribution is 7.98. The zero-order valence-corrected chi connectivity index (χ0v) is 12.4. The molecule has 3 heterocycles. The van der Waals surface area contributed by atoms with Crippen LogP contribution in [0.4, 0.5) is 0 Å². The lowest BCUT2D eigenvalue weighted by molar-refractivity contribution is 0.466. The highest BCUT2D eigenvalue weighted by atomic mass is 32.2. The molecule has 0 aliphatic rings. The normalized spacial score (nSPS) is 11.1. The van der Waals surface area contributed by atoms with Gasteiger partial charge in [-0.3, -0.25) is 0 Å². The SMILES string of the molecule is CCCn1nnnc1CSc1nnc(-c2cccs2)o1. The molecule has 0 aromatic carbocycles. The molecule has 0 radical (unpaired) electrons. The Balaban J connectivity index is 1.65. The van der Waals surface area contributed by atoms with Gasteiger partial charge in [-0.25, -0.2) is 4.68 Å². The van der Waals surface area contributed by atoms with Crippen molar-refractivity contribution < 1.29 is 4.42 Å². The van der Waals surface area contributed by atoms with Crippen molar-refractivity contribution in [1.29, 1.82) is 0 Å². The Morgan fingerprint density at radius 1 is 1.35 bits per heavy atom. The fourth-order valence-electron chi connectivity index (χ4n) is 1.61. The van der Waals surface area contributed by atoms with E-state index in [2.05, 4.69) is 32.6 Å². The molecular weight excluding hydrogens is 296 g/mol. The zero-order valence-electron chi connectivity index (χ0n) is 10.8. The van der Waals surface area contributed by atoms with Crippen LogP contribution in [0.3, 0.4) is 0 Å². The minimum Gasteiger partial charge on any atom is -0.410 e. The molecule has 7 nitrogen and oxygen atoms in total. The van der Waals surface area contributed by atoms with E-state index >= 15 is 0 Å². The van der Waals surface area contributed by atoms with E-state index < -0.39 is 0 Å². The summed E-state index contributed by atoms with van der Waals surface area (Å²) < 4.78 is 7.39. The third kappa shape index (κ3) is 2.88. The van der Waals surface area contributed by atoms with Crippen LogP contribution in [-0.4, -0.2) is 30.4 Å². The number of aromatic nitrogens is 6. The summed E-state index contributed by atoms with van der Waals surface area (Å²) in [7, 11) is 0. The molecule has 0 saturated carbocycles. The first-order valence-corrected chi connectivity index (χ1v) is 7.98. The van der Waals surface area contributed by atoms with Gasteiger partial charge in [-0.15, -0.1) is 26.6 Å². The van der Waals surface area contributed by atoms with Crippen molar-refractivity contribution >= 4 is 23.1 Å². The molecule has 3 aromatic heterocycles. The Morgan fingerprint density at radius 2 is 2.30 bits per heavy atom. The zero-order chi connectivity index (χ0) is 13.8. The summed E-state index contributed by atoms with van der Waals surface area (Å²) in [6, 6.07) is 3.91. The first-order valence-electron chi connectivity index (χ1n) is 6.12. The molecule has 0 bridgehead atoms. The Labute approximate surface area is 123 Å². The molecule has 20 heavy (non-hydrogen) atoms. The molecule has 3 aromatic rings. The standard InChI is InChI=1S/C11H12N6OS2/c1-2-5-17-9(12-15-16-17)7-20-11-14-13-10(18-11)8-4-3-6-19-8/h3-4,6H,2,5,7H2,1H3. The van der Waals surface area contributed by atoms with Crippen molar-refractivity contribution in [3.63, 3.8) is 0 Å². The fraction of sp³-hybridized carbons (Fsp3) is 0.364. The van der Waals surface area contributed by atoms with Crippen LogP contribution in [0.5, 0.6) is 0 Å². The minimum atomic E-state index is 0.527. The Morgan fingerprint density at radius 3 is 3.10 bits per heavy atom. The van der Waals surface area contributed by atoms with Crippen molar-refractivity contribution in [2.75, 3.05) is 0 Å². The largest absolute Gasteiger partial charge is 0.410 e. The average Bonchev–Trinajstić information content (AvgIpc) is 3.18. The molecule has 0 spiro atoms. The number of thioether (sulfide) groups is 1. The smallest absolute Gasteiger partial charge is 0.277 e. The maximum atomic E-state index is 5.60. The Kier molecular flexibility index (Phi) is 4.07. The van der Waals surface area contributed by atoms with Gasteiger partial charge in [0.1, 0.15) is 0 Å². The third-order valence-corrected chi connectivity index (χ3v) is 4.18. The van der Waals surface area contributed by atoms with Crippen LogP contribution in [0, 0.1) is 0 Å². The van der Waals surface area contributed by atoms with E-state index in [0.29, 0.717) is 16.9 Å². The number of hydrogen-bond donors (Lipinski definition) is 0. The fourth-order valence-corrected chi connectivity index (χ4v) is 2.95. The van der Waals surface area contributed by atoms with Gasteiger partial charge in [0.05, 0.1) is 10.6 Å². The molecule has 0 aliphatic carbocycles. The Hall–Kier alpha value is -1.74. The van der Waals surface area contributed by atoms with Crippen molar-refractivity contribution in [2.24, 2.45) is 0 Å². The summed E-state index contributed by atoms with van der Waals surface area (Å²) >= 11 is 3.01. The number of aryl methyl sites for hydroxylation is 1. The lowest BCUT2D eigenvalue weighted by Gasteiger charge is -1.99. The van der Waals surface area contributed by atoms with Crippen molar-refractivity contribution in [3.8, 4) is 10.8 Å². The molecule has 104 valence electrons. The van der Waals surface area contributed by atoms with E-state index in [0.717, 1.165) is 23.7 Å². The monoisotopic (exact) mass is 308 g/mol. The predicted octanol–water partition coefficient (Wildman–Crippen LogP) is 2.49. The van der Waals surface area contributed by atoms with E-state index in [-0.39, 0.29) is 0 Å². The van der Waals surface area contributed by atoms with Gasteiger partial charge < -0.3 is 4.42 Å². The van der Waals surface area contributed by atoms with Crippen LogP contribution in [0.25, 0.3) is 10.8 Å². The van der Waals surface area contributed by atoms with Gasteiger partial charge in [0.25, 0.3) is 11.1 Å². The van der Waals surface area contributed by atoms with Crippen molar-refractivity contribution in [3.05, 3.63) is 23.3 Å². The number of thiophene rings is 1. The highest BCUT2D eigenvalue weighted by Crippen LogP contribution is 2.27. The molecule has 3 rings (SSSR count). The van der Waals surface area contributed by atoms with E-state index in [1.165, 1.54) is 11.8 Å². The Bertz CT molecular complexity index is 662. The number of tetrazole rings is 1. The summed E-state index contributed by atoms with van der Waals surface area (Å²) in [4.78, 5) is 0.972. The lowest BCUT2D eigenvalue weighted by atomic mass is 10.5. The van der Waals surface area contributed by atoms with Crippen molar-refractivity contribution in [2.45, 2.75) is 30.9 Å². The second-order valence-electron chi connectivity index (χ2n) is 3.96. The number of rotatable bonds is 6. The molecule has 0 unspecified atom stereocenters. The van der Waals surface area contributed by atoms with Crippen LogP contribution in [0.15, 0.2) is 27.2 Å². The third-order valence-electron chi connectivity index (χ3n) is 2.50. The van der Waals surface area contributed by atoms with Crippen molar-refractivity contribution in [1.82, 2.24) is 30.4 Å². The van der Waals surface area contributed by atoms with Gasteiger partial charge in [0.15, 0.2) is 5.82 Å². The summed E-state index contributed by atoms with van der Waals surface area (Å²) in [6.07, 6.45) is 0.992. The second kappa shape index (κ2) is 6.14. The molecular formula is C11H12N6OS2. The first kappa shape index (κ1) is 13.3. The van der Waals surface area contributed by atoms with Gasteiger partial charge in [-0.2, -0.15) is 0 Å². The molecule has 0 atom stereocenters. The van der Waals surface area contributed by atoms with E-state index in [9.17, 15) is 0 Å². The van der Waals surface area contributed by atoms with Crippen LogP contribution in [0.1, 0.15) is 19.2 Å². The summed E-state index contributed by atoms with van der Waals surface area (Å²) in [5.41, 5.74) is 0. The van der Waals surface area contributed by atoms with Gasteiger partial charge in [0, 0.05) is 6.54 Å². The number of hydrogen-bond acceptors (Lipinski definition) is 8. The average molecular weight is 308 g/mol. The highest BCUT2D eigenvalue weighted by Gasteiger charge is 2.12. The number of nitrogens with zero attached hydrogens (tertiary/aromatic N) is 6. The summed E-state index contributed by atoms with van der Waals surface area (Å²) in [5, 5.41) is 22.2. The quantitative estimate of drug-likeness (QED) is 0.647. The van der Waals surface area contributed by atoms with E-state index in [4.69, 9.17) is 4.42 Å². The molecule has 9 heteroatoms. The summed E-state index contributed by atoms with van der Waals surface area (Å²) in [5.74, 6) is 1.97. The van der Waals surface area contributed by atoms with Crippen LogP contribution >= 0.6 is 23.1 Å². The van der Waals surface area contributed by atoms with Gasteiger partial charge in [-0.05, 0) is 28.3 Å². The first-order chi connectivity index (χ1) is 9.86.